The van der Waals surface area contributed by atoms with Gasteiger partial charge in [-0.2, -0.15) is 0 Å². The van der Waals surface area contributed by atoms with E-state index in [4.69, 9.17) is 5.73 Å². The highest BCUT2D eigenvalue weighted by atomic mass is 15.2. The van der Waals surface area contributed by atoms with Gasteiger partial charge in [0.25, 0.3) is 0 Å². The van der Waals surface area contributed by atoms with E-state index in [1.165, 1.54) is 43.5 Å². The van der Waals surface area contributed by atoms with Gasteiger partial charge >= 0.3 is 0 Å². The van der Waals surface area contributed by atoms with Crippen LogP contribution < -0.4 is 5.73 Å². The van der Waals surface area contributed by atoms with Crippen molar-refractivity contribution in [3.05, 3.63) is 29.3 Å². The third-order valence-corrected chi connectivity index (χ3v) is 3.55. The minimum atomic E-state index is 0.669. The molecule has 0 spiro atoms. The van der Waals surface area contributed by atoms with E-state index in [0.717, 1.165) is 5.69 Å². The quantitative estimate of drug-likeness (QED) is 0.683. The number of aryl methyl sites for hydroxylation is 1. The van der Waals surface area contributed by atoms with Crippen LogP contribution in [0, 0.1) is 0 Å². The molecule has 1 aromatic rings. The molecule has 14 heavy (non-hydrogen) atoms. The number of benzene rings is 1. The van der Waals surface area contributed by atoms with Gasteiger partial charge in [0, 0.05) is 11.7 Å². The molecule has 2 aliphatic rings. The smallest absolute Gasteiger partial charge is 0.0354 e. The van der Waals surface area contributed by atoms with Crippen LogP contribution in [-0.4, -0.2) is 18.0 Å². The lowest BCUT2D eigenvalue weighted by Gasteiger charge is -2.36. The molecule has 2 nitrogen and oxygen atoms in total. The van der Waals surface area contributed by atoms with Gasteiger partial charge < -0.3 is 5.73 Å². The third-order valence-electron chi connectivity index (χ3n) is 3.55. The first kappa shape index (κ1) is 8.30. The number of nitrogens with zero attached hydrogens (tertiary/aromatic N) is 1. The monoisotopic (exact) mass is 188 g/mol. The van der Waals surface area contributed by atoms with E-state index in [0.29, 0.717) is 6.04 Å². The van der Waals surface area contributed by atoms with Gasteiger partial charge in [0.05, 0.1) is 0 Å². The van der Waals surface area contributed by atoms with Crippen LogP contribution in [0.4, 0.5) is 5.69 Å². The lowest BCUT2D eigenvalue weighted by molar-refractivity contribution is 0.118. The summed E-state index contributed by atoms with van der Waals surface area (Å²) in [7, 11) is 0. The van der Waals surface area contributed by atoms with Gasteiger partial charge in [0.15, 0.2) is 0 Å². The predicted octanol–water partition coefficient (Wildman–Crippen LogP) is 1.96. The highest BCUT2D eigenvalue weighted by molar-refractivity contribution is 5.48. The molecule has 1 heterocycles. The molecular formula is C12H16N2. The lowest BCUT2D eigenvalue weighted by atomic mass is 10.0. The lowest BCUT2D eigenvalue weighted by Crippen LogP contribution is -2.39. The molecule has 1 unspecified atom stereocenters. The van der Waals surface area contributed by atoms with Crippen LogP contribution in [0.15, 0.2) is 18.2 Å². The van der Waals surface area contributed by atoms with Gasteiger partial charge in [-0.25, -0.2) is 0 Å². The molecule has 1 aliphatic heterocycles. The van der Waals surface area contributed by atoms with Gasteiger partial charge in [-0.15, -0.1) is 0 Å². The topological polar surface area (TPSA) is 29.3 Å². The molecule has 2 heteroatoms. The fourth-order valence-electron chi connectivity index (χ4n) is 2.63. The van der Waals surface area contributed by atoms with Crippen molar-refractivity contribution >= 4 is 5.69 Å². The summed E-state index contributed by atoms with van der Waals surface area (Å²) in [5, 5.41) is 0. The largest absolute Gasteiger partial charge is 0.399 e. The maximum atomic E-state index is 5.83. The highest BCUT2D eigenvalue weighted by Crippen LogP contribution is 2.38. The summed E-state index contributed by atoms with van der Waals surface area (Å²) in [5.74, 6) is 0. The standard InChI is InChI=1S/C12H16N2/c13-10-4-2-9-3-5-12(11(9)8-10)14-6-1-7-14/h2,4,8,12H,1,3,5-7,13H2. The zero-order valence-corrected chi connectivity index (χ0v) is 8.37. The van der Waals surface area contributed by atoms with E-state index in [1.54, 1.807) is 0 Å². The van der Waals surface area contributed by atoms with E-state index in [1.807, 2.05) is 6.07 Å². The number of fused-ring (bicyclic) bond motifs is 1. The summed E-state index contributed by atoms with van der Waals surface area (Å²) in [6.07, 6.45) is 3.89. The van der Waals surface area contributed by atoms with Crippen LogP contribution in [0.1, 0.15) is 30.0 Å². The fraction of sp³-hybridized carbons (Fsp3) is 0.500. The minimum absolute atomic E-state index is 0.669. The fourth-order valence-corrected chi connectivity index (χ4v) is 2.63. The van der Waals surface area contributed by atoms with E-state index in [-0.39, 0.29) is 0 Å². The second-order valence-electron chi connectivity index (χ2n) is 4.40. The van der Waals surface area contributed by atoms with Crippen LogP contribution in [0.2, 0.25) is 0 Å². The first-order valence-electron chi connectivity index (χ1n) is 5.47. The van der Waals surface area contributed by atoms with E-state index in [2.05, 4.69) is 17.0 Å². The zero-order valence-electron chi connectivity index (χ0n) is 8.37. The van der Waals surface area contributed by atoms with E-state index >= 15 is 0 Å². The van der Waals surface area contributed by atoms with Crippen LogP contribution in [0.3, 0.4) is 0 Å². The second-order valence-corrected chi connectivity index (χ2v) is 4.40. The van der Waals surface area contributed by atoms with Crippen LogP contribution in [0.25, 0.3) is 0 Å². The van der Waals surface area contributed by atoms with Gasteiger partial charge in [0.1, 0.15) is 0 Å². The molecule has 74 valence electrons. The Bertz CT molecular complexity index is 355. The van der Waals surface area contributed by atoms with Gasteiger partial charge in [-0.05, 0) is 55.6 Å². The molecule has 1 fully saturated rings. The molecule has 0 saturated carbocycles. The van der Waals surface area contributed by atoms with E-state index < -0.39 is 0 Å². The van der Waals surface area contributed by atoms with Gasteiger partial charge in [-0.1, -0.05) is 6.07 Å². The first-order valence-corrected chi connectivity index (χ1v) is 5.47. The zero-order chi connectivity index (χ0) is 9.54. The number of anilines is 1. The summed E-state index contributed by atoms with van der Waals surface area (Å²) in [4.78, 5) is 2.57. The average Bonchev–Trinajstić information content (AvgIpc) is 2.46. The molecule has 0 bridgehead atoms. The van der Waals surface area contributed by atoms with E-state index in [9.17, 15) is 0 Å². The van der Waals surface area contributed by atoms with Gasteiger partial charge in [0.2, 0.25) is 0 Å². The average molecular weight is 188 g/mol. The number of nitrogens with two attached hydrogens (primary N) is 1. The Labute approximate surface area is 84.7 Å². The van der Waals surface area contributed by atoms with Crippen molar-refractivity contribution in [1.82, 2.24) is 4.90 Å². The van der Waals surface area contributed by atoms with Crippen LogP contribution in [0.5, 0.6) is 0 Å². The highest BCUT2D eigenvalue weighted by Gasteiger charge is 2.30. The second kappa shape index (κ2) is 2.99. The summed E-state index contributed by atoms with van der Waals surface area (Å²) < 4.78 is 0. The third kappa shape index (κ3) is 1.14. The van der Waals surface area contributed by atoms with Crippen LogP contribution >= 0.6 is 0 Å². The summed E-state index contributed by atoms with van der Waals surface area (Å²) in [5.41, 5.74) is 9.75. The first-order chi connectivity index (χ1) is 6.84. The molecular weight excluding hydrogens is 172 g/mol. The Kier molecular flexibility index (Phi) is 1.77. The van der Waals surface area contributed by atoms with Gasteiger partial charge in [-0.3, -0.25) is 4.90 Å². The summed E-state index contributed by atoms with van der Waals surface area (Å²) in [6, 6.07) is 7.06. The molecule has 1 aromatic carbocycles. The Morgan fingerprint density at radius 1 is 1.29 bits per heavy atom. The van der Waals surface area contributed by atoms with Crippen molar-refractivity contribution in [2.24, 2.45) is 0 Å². The van der Waals surface area contributed by atoms with Crippen LogP contribution in [-0.2, 0) is 6.42 Å². The molecule has 3 rings (SSSR count). The molecule has 1 aliphatic carbocycles. The molecule has 0 aromatic heterocycles. The minimum Gasteiger partial charge on any atom is -0.399 e. The summed E-state index contributed by atoms with van der Waals surface area (Å²) in [6.45, 7) is 2.55. The summed E-state index contributed by atoms with van der Waals surface area (Å²) >= 11 is 0. The predicted molar refractivity (Wildman–Crippen MR) is 58.1 cm³/mol. The van der Waals surface area contributed by atoms with Crippen molar-refractivity contribution in [3.63, 3.8) is 0 Å². The van der Waals surface area contributed by atoms with Crippen molar-refractivity contribution in [3.8, 4) is 0 Å². The Morgan fingerprint density at radius 2 is 2.14 bits per heavy atom. The Balaban J connectivity index is 1.95. The van der Waals surface area contributed by atoms with Crippen molar-refractivity contribution in [2.75, 3.05) is 18.8 Å². The normalized spacial score (nSPS) is 25.9. The number of nitrogen functional groups attached to an aromatic ring is 1. The Hall–Kier alpha value is -1.02. The SMILES string of the molecule is Nc1ccc2c(c1)C(N1CCC1)CC2. The van der Waals surface area contributed by atoms with Crippen molar-refractivity contribution in [1.29, 1.82) is 0 Å². The van der Waals surface area contributed by atoms with Crippen molar-refractivity contribution in [2.45, 2.75) is 25.3 Å². The number of hydrogen-bond donors (Lipinski definition) is 1. The molecule has 2 N–H and O–H groups in total. The molecule has 1 atom stereocenters. The molecule has 0 amide bonds. The maximum Gasteiger partial charge on any atom is 0.0354 e. The molecule has 1 saturated heterocycles. The number of hydrogen-bond acceptors (Lipinski definition) is 2. The van der Waals surface area contributed by atoms with Crippen molar-refractivity contribution < 1.29 is 0 Å². The number of likely N-dealkylation sites (tertiary alicyclic amines) is 1. The molecule has 0 radical (unpaired) electrons. The maximum absolute atomic E-state index is 5.83. The Morgan fingerprint density at radius 3 is 2.86 bits per heavy atom. The number of rotatable bonds is 1.